The van der Waals surface area contributed by atoms with Gasteiger partial charge >= 0.3 is 6.09 Å². The molecule has 0 aromatic carbocycles. The summed E-state index contributed by atoms with van der Waals surface area (Å²) in [6.45, 7) is 7.56. The minimum Gasteiger partial charge on any atom is -0.444 e. The van der Waals surface area contributed by atoms with Crippen LogP contribution in [0.5, 0.6) is 0 Å². The number of hydrogen-bond acceptors (Lipinski definition) is 4. The maximum absolute atomic E-state index is 11.8. The molecule has 1 aliphatic rings. The van der Waals surface area contributed by atoms with Gasteiger partial charge in [0.15, 0.2) is 0 Å². The van der Waals surface area contributed by atoms with Crippen molar-refractivity contribution in [1.82, 2.24) is 15.5 Å². The maximum Gasteiger partial charge on any atom is 0.410 e. The van der Waals surface area contributed by atoms with E-state index in [0.29, 0.717) is 26.1 Å². The van der Waals surface area contributed by atoms with E-state index in [1.54, 1.807) is 11.9 Å². The molecule has 0 saturated carbocycles. The van der Waals surface area contributed by atoms with Gasteiger partial charge in [0.05, 0.1) is 0 Å². The molecule has 2 amide bonds. The normalized spacial score (nSPS) is 19.4. The second-order valence-electron chi connectivity index (χ2n) is 5.79. The van der Waals surface area contributed by atoms with Crippen LogP contribution in [-0.2, 0) is 9.53 Å². The predicted molar refractivity (Wildman–Crippen MR) is 72.9 cm³/mol. The molecule has 1 atom stereocenters. The first-order chi connectivity index (χ1) is 8.81. The van der Waals surface area contributed by atoms with Crippen molar-refractivity contribution in [3.63, 3.8) is 0 Å². The number of carbonyl (C=O) groups excluding carboxylic acids is 2. The minimum absolute atomic E-state index is 0.0227. The SMILES string of the molecule is CNC(=O)CCNC1CCN(C(=O)OC(C)(C)C)C1. The molecule has 2 N–H and O–H groups in total. The molecule has 0 spiro atoms. The molecule has 6 nitrogen and oxygen atoms in total. The van der Waals surface area contributed by atoms with Gasteiger partial charge in [0.25, 0.3) is 0 Å². The van der Waals surface area contributed by atoms with Crippen LogP contribution in [0.25, 0.3) is 0 Å². The van der Waals surface area contributed by atoms with Crippen molar-refractivity contribution in [2.24, 2.45) is 0 Å². The van der Waals surface area contributed by atoms with E-state index in [0.717, 1.165) is 6.42 Å². The molecule has 1 aliphatic heterocycles. The molecule has 0 aliphatic carbocycles. The van der Waals surface area contributed by atoms with Crippen LogP contribution in [0.3, 0.4) is 0 Å². The highest BCUT2D eigenvalue weighted by atomic mass is 16.6. The molecule has 1 unspecified atom stereocenters. The Balaban J connectivity index is 2.26. The van der Waals surface area contributed by atoms with Gasteiger partial charge in [-0.15, -0.1) is 0 Å². The standard InChI is InChI=1S/C13H25N3O3/c1-13(2,3)19-12(18)16-8-6-10(9-16)15-7-5-11(17)14-4/h10,15H,5-9H2,1-4H3,(H,14,17). The average Bonchev–Trinajstić information content (AvgIpc) is 2.75. The first-order valence-electron chi connectivity index (χ1n) is 6.73. The molecule has 0 aromatic rings. The van der Waals surface area contributed by atoms with Gasteiger partial charge in [0.2, 0.25) is 5.91 Å². The number of rotatable bonds is 4. The number of likely N-dealkylation sites (tertiary alicyclic amines) is 1. The van der Waals surface area contributed by atoms with Gasteiger partial charge < -0.3 is 20.3 Å². The molecule has 1 fully saturated rings. The van der Waals surface area contributed by atoms with E-state index in [1.165, 1.54) is 0 Å². The first-order valence-corrected chi connectivity index (χ1v) is 6.73. The third kappa shape index (κ3) is 5.92. The lowest BCUT2D eigenvalue weighted by atomic mass is 10.2. The average molecular weight is 271 g/mol. The Labute approximate surface area is 114 Å². The quantitative estimate of drug-likeness (QED) is 0.790. The van der Waals surface area contributed by atoms with Crippen molar-refractivity contribution in [3.8, 4) is 0 Å². The lowest BCUT2D eigenvalue weighted by molar-refractivity contribution is -0.120. The number of nitrogens with one attached hydrogen (secondary N) is 2. The molecule has 1 heterocycles. The molecular formula is C13H25N3O3. The summed E-state index contributed by atoms with van der Waals surface area (Å²) < 4.78 is 5.33. The Bertz CT molecular complexity index is 326. The number of carbonyl (C=O) groups is 2. The number of nitrogens with zero attached hydrogens (tertiary/aromatic N) is 1. The van der Waals surface area contributed by atoms with Crippen LogP contribution in [0.15, 0.2) is 0 Å². The zero-order chi connectivity index (χ0) is 14.5. The van der Waals surface area contributed by atoms with Gasteiger partial charge in [-0.1, -0.05) is 0 Å². The van der Waals surface area contributed by atoms with Gasteiger partial charge in [-0.25, -0.2) is 4.79 Å². The monoisotopic (exact) mass is 271 g/mol. The predicted octanol–water partition coefficient (Wildman–Crippen LogP) is 0.721. The van der Waals surface area contributed by atoms with Crippen LogP contribution in [0.2, 0.25) is 0 Å². The third-order valence-electron chi connectivity index (χ3n) is 2.90. The lowest BCUT2D eigenvalue weighted by Crippen LogP contribution is -2.39. The molecule has 110 valence electrons. The largest absolute Gasteiger partial charge is 0.444 e. The summed E-state index contributed by atoms with van der Waals surface area (Å²) in [6, 6.07) is 0.247. The second kappa shape index (κ2) is 6.75. The van der Waals surface area contributed by atoms with E-state index in [9.17, 15) is 9.59 Å². The Morgan fingerprint density at radius 1 is 1.37 bits per heavy atom. The van der Waals surface area contributed by atoms with E-state index >= 15 is 0 Å². The van der Waals surface area contributed by atoms with Crippen LogP contribution in [-0.4, -0.2) is 55.2 Å². The lowest BCUT2D eigenvalue weighted by Gasteiger charge is -2.24. The Morgan fingerprint density at radius 2 is 2.05 bits per heavy atom. The Hall–Kier alpha value is -1.30. The van der Waals surface area contributed by atoms with Crippen LogP contribution in [0.4, 0.5) is 4.79 Å². The summed E-state index contributed by atoms with van der Waals surface area (Å²) >= 11 is 0. The maximum atomic E-state index is 11.8. The second-order valence-corrected chi connectivity index (χ2v) is 5.79. The Morgan fingerprint density at radius 3 is 2.63 bits per heavy atom. The molecule has 1 rings (SSSR count). The number of amides is 2. The highest BCUT2D eigenvalue weighted by molar-refractivity contribution is 5.75. The molecule has 19 heavy (non-hydrogen) atoms. The summed E-state index contributed by atoms with van der Waals surface area (Å²) in [5.74, 6) is 0.0227. The molecule has 1 saturated heterocycles. The van der Waals surface area contributed by atoms with Crippen molar-refractivity contribution in [2.45, 2.75) is 45.3 Å². The topological polar surface area (TPSA) is 70.7 Å². The fourth-order valence-electron chi connectivity index (χ4n) is 1.93. The summed E-state index contributed by atoms with van der Waals surface area (Å²) in [5, 5.41) is 5.86. The van der Waals surface area contributed by atoms with Crippen LogP contribution in [0.1, 0.15) is 33.6 Å². The summed E-state index contributed by atoms with van der Waals surface area (Å²) in [7, 11) is 1.63. The first kappa shape index (κ1) is 15.8. The van der Waals surface area contributed by atoms with E-state index in [-0.39, 0.29) is 18.0 Å². The fourth-order valence-corrected chi connectivity index (χ4v) is 1.93. The number of hydrogen-bond donors (Lipinski definition) is 2. The van der Waals surface area contributed by atoms with Gasteiger partial charge in [0.1, 0.15) is 5.60 Å². The van der Waals surface area contributed by atoms with Gasteiger partial charge in [0, 0.05) is 39.1 Å². The van der Waals surface area contributed by atoms with E-state index in [4.69, 9.17) is 4.74 Å². The van der Waals surface area contributed by atoms with Gasteiger partial charge in [-0.2, -0.15) is 0 Å². The zero-order valence-electron chi connectivity index (χ0n) is 12.3. The third-order valence-corrected chi connectivity index (χ3v) is 2.90. The molecule has 0 radical (unpaired) electrons. The fraction of sp³-hybridized carbons (Fsp3) is 0.846. The molecule has 0 bridgehead atoms. The summed E-state index contributed by atoms with van der Waals surface area (Å²) in [6.07, 6.45) is 1.09. The van der Waals surface area contributed by atoms with Gasteiger partial charge in [-0.3, -0.25) is 4.79 Å². The summed E-state index contributed by atoms with van der Waals surface area (Å²) in [5.41, 5.74) is -0.457. The van der Waals surface area contributed by atoms with E-state index in [1.807, 2.05) is 20.8 Å². The highest BCUT2D eigenvalue weighted by Crippen LogP contribution is 2.15. The van der Waals surface area contributed by atoms with Crippen molar-refractivity contribution in [1.29, 1.82) is 0 Å². The minimum atomic E-state index is -0.457. The van der Waals surface area contributed by atoms with Gasteiger partial charge in [-0.05, 0) is 27.2 Å². The smallest absolute Gasteiger partial charge is 0.410 e. The van der Waals surface area contributed by atoms with Crippen molar-refractivity contribution in [3.05, 3.63) is 0 Å². The van der Waals surface area contributed by atoms with Crippen molar-refractivity contribution in [2.75, 3.05) is 26.7 Å². The zero-order valence-corrected chi connectivity index (χ0v) is 12.3. The van der Waals surface area contributed by atoms with Crippen molar-refractivity contribution >= 4 is 12.0 Å². The highest BCUT2D eigenvalue weighted by Gasteiger charge is 2.29. The van der Waals surface area contributed by atoms with Crippen LogP contribution < -0.4 is 10.6 Å². The summed E-state index contributed by atoms with van der Waals surface area (Å²) in [4.78, 5) is 24.6. The molecule has 0 aromatic heterocycles. The van der Waals surface area contributed by atoms with Crippen LogP contribution in [0, 0.1) is 0 Å². The van der Waals surface area contributed by atoms with Crippen molar-refractivity contribution < 1.29 is 14.3 Å². The molecule has 6 heteroatoms. The number of ether oxygens (including phenoxy) is 1. The molecular weight excluding hydrogens is 246 g/mol. The Kier molecular flexibility index (Phi) is 5.60. The van der Waals surface area contributed by atoms with Crippen LogP contribution >= 0.6 is 0 Å². The van der Waals surface area contributed by atoms with E-state index < -0.39 is 5.60 Å². The van der Waals surface area contributed by atoms with E-state index in [2.05, 4.69) is 10.6 Å².